The second kappa shape index (κ2) is 5.92. The Labute approximate surface area is 115 Å². The van der Waals surface area contributed by atoms with Crippen molar-refractivity contribution >= 4 is 11.4 Å². The summed E-state index contributed by atoms with van der Waals surface area (Å²) in [7, 11) is 0. The number of hydrogen-bond donors (Lipinski definition) is 1. The highest BCUT2D eigenvalue weighted by Gasteiger charge is 2.15. The third kappa shape index (κ3) is 3.17. The fourth-order valence-corrected chi connectivity index (χ4v) is 2.99. The fraction of sp³-hybridized carbons (Fsp3) is 0.333. The Bertz CT molecular complexity index is 512. The maximum absolute atomic E-state index is 3.48. The quantitative estimate of drug-likeness (QED) is 0.761. The van der Waals surface area contributed by atoms with Crippen LogP contribution in [0.2, 0.25) is 0 Å². The monoisotopic (exact) mass is 251 g/mol. The van der Waals surface area contributed by atoms with Gasteiger partial charge < -0.3 is 5.32 Å². The predicted octanol–water partition coefficient (Wildman–Crippen LogP) is 5.48. The van der Waals surface area contributed by atoms with Crippen molar-refractivity contribution in [1.82, 2.24) is 0 Å². The van der Waals surface area contributed by atoms with Crippen LogP contribution in [0.3, 0.4) is 0 Å². The van der Waals surface area contributed by atoms with Crippen LogP contribution in [0.15, 0.2) is 54.6 Å². The first-order valence-electron chi connectivity index (χ1n) is 7.34. The Kier molecular flexibility index (Phi) is 3.83. The van der Waals surface area contributed by atoms with Gasteiger partial charge in [-0.3, -0.25) is 0 Å². The average Bonchev–Trinajstić information content (AvgIpc) is 2.49. The van der Waals surface area contributed by atoms with Crippen molar-refractivity contribution in [3.63, 3.8) is 0 Å². The fourth-order valence-electron chi connectivity index (χ4n) is 2.99. The zero-order chi connectivity index (χ0) is 12.9. The molecule has 0 unspecified atom stereocenters. The minimum Gasteiger partial charge on any atom is -0.356 e. The van der Waals surface area contributed by atoms with Gasteiger partial charge in [0.1, 0.15) is 0 Å². The molecule has 3 rings (SSSR count). The van der Waals surface area contributed by atoms with Crippen LogP contribution < -0.4 is 5.32 Å². The standard InChI is InChI=1S/C18H21N/c1-3-8-15(9-4-1)16-10-7-13-18(14-16)19-17-11-5-2-6-12-17/h2,5-7,10-15,19H,1,3-4,8-9H2. The molecule has 0 amide bonds. The number of hydrogen-bond acceptors (Lipinski definition) is 1. The maximum atomic E-state index is 3.48. The molecule has 0 bridgehead atoms. The molecular weight excluding hydrogens is 230 g/mol. The van der Waals surface area contributed by atoms with Crippen molar-refractivity contribution in [1.29, 1.82) is 0 Å². The Morgan fingerprint density at radius 3 is 2.26 bits per heavy atom. The molecule has 1 aliphatic carbocycles. The Morgan fingerprint density at radius 2 is 1.47 bits per heavy atom. The molecule has 1 aliphatic rings. The lowest BCUT2D eigenvalue weighted by atomic mass is 9.84. The minimum atomic E-state index is 0.770. The van der Waals surface area contributed by atoms with E-state index < -0.39 is 0 Å². The maximum Gasteiger partial charge on any atom is 0.0387 e. The SMILES string of the molecule is c1ccc(Nc2cccc(C3CCCCC3)c2)cc1. The summed E-state index contributed by atoms with van der Waals surface area (Å²) in [6, 6.07) is 19.3. The van der Waals surface area contributed by atoms with Crippen LogP contribution >= 0.6 is 0 Å². The van der Waals surface area contributed by atoms with Gasteiger partial charge in [0.15, 0.2) is 0 Å². The number of nitrogens with one attached hydrogen (secondary N) is 1. The van der Waals surface area contributed by atoms with E-state index in [0.29, 0.717) is 0 Å². The lowest BCUT2D eigenvalue weighted by Gasteiger charge is -2.22. The van der Waals surface area contributed by atoms with Crippen LogP contribution in [0, 0.1) is 0 Å². The largest absolute Gasteiger partial charge is 0.356 e. The van der Waals surface area contributed by atoms with Gasteiger partial charge in [0.05, 0.1) is 0 Å². The van der Waals surface area contributed by atoms with Crippen LogP contribution in [0.1, 0.15) is 43.6 Å². The van der Waals surface area contributed by atoms with Crippen LogP contribution in [0.5, 0.6) is 0 Å². The highest BCUT2D eigenvalue weighted by atomic mass is 14.9. The molecule has 1 nitrogen and oxygen atoms in total. The third-order valence-electron chi connectivity index (χ3n) is 4.03. The molecule has 0 aromatic heterocycles. The smallest absolute Gasteiger partial charge is 0.0387 e. The number of anilines is 2. The Morgan fingerprint density at radius 1 is 0.737 bits per heavy atom. The molecule has 0 saturated heterocycles. The molecule has 0 heterocycles. The normalized spacial score (nSPS) is 16.2. The van der Waals surface area contributed by atoms with Crippen molar-refractivity contribution in [3.8, 4) is 0 Å². The van der Waals surface area contributed by atoms with E-state index in [9.17, 15) is 0 Å². The number of para-hydroxylation sites is 1. The average molecular weight is 251 g/mol. The van der Waals surface area contributed by atoms with Crippen LogP contribution in [-0.2, 0) is 0 Å². The number of benzene rings is 2. The molecular formula is C18H21N. The summed E-state index contributed by atoms with van der Waals surface area (Å²) in [4.78, 5) is 0. The Balaban J connectivity index is 1.76. The van der Waals surface area contributed by atoms with Gasteiger partial charge in [-0.25, -0.2) is 0 Å². The van der Waals surface area contributed by atoms with Gasteiger partial charge in [-0.15, -0.1) is 0 Å². The van der Waals surface area contributed by atoms with Crippen molar-refractivity contribution in [2.75, 3.05) is 5.32 Å². The third-order valence-corrected chi connectivity index (χ3v) is 4.03. The molecule has 1 fully saturated rings. The van der Waals surface area contributed by atoms with Crippen LogP contribution in [-0.4, -0.2) is 0 Å². The lowest BCUT2D eigenvalue weighted by Crippen LogP contribution is -2.04. The molecule has 19 heavy (non-hydrogen) atoms. The van der Waals surface area contributed by atoms with E-state index >= 15 is 0 Å². The first-order chi connectivity index (χ1) is 9.42. The van der Waals surface area contributed by atoms with E-state index in [0.717, 1.165) is 11.6 Å². The molecule has 1 N–H and O–H groups in total. The van der Waals surface area contributed by atoms with Crippen molar-refractivity contribution in [2.24, 2.45) is 0 Å². The second-order valence-electron chi connectivity index (χ2n) is 5.45. The van der Waals surface area contributed by atoms with Crippen molar-refractivity contribution < 1.29 is 0 Å². The molecule has 98 valence electrons. The molecule has 2 aromatic carbocycles. The van der Waals surface area contributed by atoms with Gasteiger partial charge in [0.25, 0.3) is 0 Å². The van der Waals surface area contributed by atoms with Crippen molar-refractivity contribution in [3.05, 3.63) is 60.2 Å². The molecule has 2 aromatic rings. The summed E-state index contributed by atoms with van der Waals surface area (Å²) in [6.07, 6.45) is 6.91. The predicted molar refractivity (Wildman–Crippen MR) is 82.0 cm³/mol. The topological polar surface area (TPSA) is 12.0 Å². The summed E-state index contributed by atoms with van der Waals surface area (Å²) >= 11 is 0. The van der Waals surface area contributed by atoms with Gasteiger partial charge in [-0.05, 0) is 48.6 Å². The van der Waals surface area contributed by atoms with Gasteiger partial charge in [0, 0.05) is 11.4 Å². The van der Waals surface area contributed by atoms with Crippen LogP contribution in [0.25, 0.3) is 0 Å². The van der Waals surface area contributed by atoms with Crippen molar-refractivity contribution in [2.45, 2.75) is 38.0 Å². The number of rotatable bonds is 3. The minimum absolute atomic E-state index is 0.770. The second-order valence-corrected chi connectivity index (χ2v) is 5.45. The lowest BCUT2D eigenvalue weighted by molar-refractivity contribution is 0.444. The van der Waals surface area contributed by atoms with E-state index in [1.807, 2.05) is 6.07 Å². The first kappa shape index (κ1) is 12.3. The Hall–Kier alpha value is -1.76. The molecule has 1 saturated carbocycles. The van der Waals surface area contributed by atoms with Crippen LogP contribution in [0.4, 0.5) is 11.4 Å². The highest BCUT2D eigenvalue weighted by Crippen LogP contribution is 2.33. The van der Waals surface area contributed by atoms with E-state index in [4.69, 9.17) is 0 Å². The highest BCUT2D eigenvalue weighted by molar-refractivity contribution is 5.60. The molecule has 0 atom stereocenters. The summed E-state index contributed by atoms with van der Waals surface area (Å²) in [6.45, 7) is 0. The van der Waals surface area contributed by atoms with Gasteiger partial charge in [-0.2, -0.15) is 0 Å². The summed E-state index contributed by atoms with van der Waals surface area (Å²) in [5, 5.41) is 3.48. The summed E-state index contributed by atoms with van der Waals surface area (Å²) in [5.41, 5.74) is 3.86. The van der Waals surface area contributed by atoms with E-state index in [-0.39, 0.29) is 0 Å². The van der Waals surface area contributed by atoms with Gasteiger partial charge >= 0.3 is 0 Å². The van der Waals surface area contributed by atoms with E-state index in [2.05, 4.69) is 53.8 Å². The zero-order valence-electron chi connectivity index (χ0n) is 11.3. The summed E-state index contributed by atoms with van der Waals surface area (Å²) < 4.78 is 0. The van der Waals surface area contributed by atoms with Gasteiger partial charge in [0.2, 0.25) is 0 Å². The van der Waals surface area contributed by atoms with Gasteiger partial charge in [-0.1, -0.05) is 49.6 Å². The zero-order valence-corrected chi connectivity index (χ0v) is 11.3. The first-order valence-corrected chi connectivity index (χ1v) is 7.34. The molecule has 0 radical (unpaired) electrons. The molecule has 1 heteroatoms. The molecule has 0 aliphatic heterocycles. The van der Waals surface area contributed by atoms with E-state index in [1.54, 1.807) is 0 Å². The molecule has 0 spiro atoms. The summed E-state index contributed by atoms with van der Waals surface area (Å²) in [5.74, 6) is 0.770. The van der Waals surface area contributed by atoms with E-state index in [1.165, 1.54) is 43.4 Å².